The van der Waals surface area contributed by atoms with Crippen molar-refractivity contribution in [2.45, 2.75) is 69.6 Å². The van der Waals surface area contributed by atoms with Gasteiger partial charge in [-0.2, -0.15) is 29.8 Å². The summed E-state index contributed by atoms with van der Waals surface area (Å²) in [7, 11) is -13.4. The largest absolute Gasteiger partial charge is 0.478 e. The predicted molar refractivity (Wildman–Crippen MR) is 202 cm³/mol. The van der Waals surface area contributed by atoms with Crippen LogP contribution < -0.4 is 4.90 Å². The summed E-state index contributed by atoms with van der Waals surface area (Å²) in [6.45, 7) is 9.50. The summed E-state index contributed by atoms with van der Waals surface area (Å²) in [5.74, 6) is -3.03. The van der Waals surface area contributed by atoms with Crippen molar-refractivity contribution in [2.75, 3.05) is 36.1 Å². The van der Waals surface area contributed by atoms with Crippen LogP contribution in [0.3, 0.4) is 0 Å². The highest BCUT2D eigenvalue weighted by atomic mass is 32.2. The Morgan fingerprint density at radius 3 is 2.09 bits per heavy atom. The van der Waals surface area contributed by atoms with Crippen molar-refractivity contribution in [3.63, 3.8) is 0 Å². The first-order valence-corrected chi connectivity index (χ1v) is 21.7. The molecular formula is C36H45N2O13S3+. The van der Waals surface area contributed by atoms with Crippen LogP contribution in [-0.4, -0.2) is 97.4 Å². The molecule has 4 N–H and O–H groups in total. The molecule has 0 radical (unpaired) electrons. The zero-order chi connectivity index (χ0) is 40.4. The molecule has 294 valence electrons. The first-order chi connectivity index (χ1) is 24.9. The predicted octanol–water partition coefficient (Wildman–Crippen LogP) is 4.92. The van der Waals surface area contributed by atoms with Gasteiger partial charge in [0, 0.05) is 47.5 Å². The Morgan fingerprint density at radius 2 is 1.50 bits per heavy atom. The van der Waals surface area contributed by atoms with Gasteiger partial charge in [-0.15, -0.1) is 0 Å². The highest BCUT2D eigenvalue weighted by Crippen LogP contribution is 2.50. The first kappa shape index (κ1) is 42.5. The van der Waals surface area contributed by atoms with E-state index in [4.69, 9.17) is 4.74 Å². The molecule has 0 aliphatic carbocycles. The van der Waals surface area contributed by atoms with Gasteiger partial charge in [-0.3, -0.25) is 13.7 Å². The number of hydrogen-bond donors (Lipinski definition) is 4. The minimum Gasteiger partial charge on any atom is -0.478 e. The number of carboxylic acids is 1. The average molecular weight is 810 g/mol. The molecule has 0 fully saturated rings. The van der Waals surface area contributed by atoms with Crippen LogP contribution >= 0.6 is 0 Å². The second-order valence-electron chi connectivity index (χ2n) is 14.0. The monoisotopic (exact) mass is 809 g/mol. The SMILES string of the molecule is CCCOC(=O)c1cccc2c1C(C)(C)C(C=CC=CC=C1N(CCCS(=O)(=O)O)c3cc(S(=O)(=O)O)cc(C(=O)O)c3C1(C)C)=[N+]2CCCS(=O)(=O)O. The number of aromatic carboxylic acids is 1. The Labute approximate surface area is 315 Å². The number of carboxylic acid groups (broad SMARTS) is 1. The number of anilines is 1. The van der Waals surface area contributed by atoms with Crippen LogP contribution in [0, 0.1) is 0 Å². The van der Waals surface area contributed by atoms with Gasteiger partial charge < -0.3 is 14.7 Å². The van der Waals surface area contributed by atoms with Crippen LogP contribution in [0.5, 0.6) is 0 Å². The molecule has 0 bridgehead atoms. The van der Waals surface area contributed by atoms with Gasteiger partial charge in [-0.05, 0) is 51.0 Å². The number of carbonyl (C=O) groups is 2. The second kappa shape index (κ2) is 15.9. The number of rotatable bonds is 16. The lowest BCUT2D eigenvalue weighted by Crippen LogP contribution is -2.29. The standard InChI is InChI=1S/C36H44N2O13S3/c1-6-19-51-34(41)25-13-10-14-27-31(25)35(2,3)29(37(27)17-11-20-52(42,43)44)15-8-7-9-16-30-36(4,5)32-26(33(39)40)22-24(54(48,49)50)23-28(32)38(30)18-12-21-53(45,46)47/h7-10,13-16,22-23H,6,11-12,17-21H2,1-5H3,(H3-,39,40,42,43,44,45,46,47,48,49,50)/p+1. The number of allylic oxidation sites excluding steroid dienone is 6. The Balaban J connectivity index is 1.79. The van der Waals surface area contributed by atoms with E-state index in [9.17, 15) is 53.6 Å². The van der Waals surface area contributed by atoms with E-state index in [0.717, 1.165) is 12.1 Å². The van der Waals surface area contributed by atoms with Gasteiger partial charge in [0.05, 0.1) is 45.1 Å². The lowest BCUT2D eigenvalue weighted by atomic mass is 9.79. The molecule has 54 heavy (non-hydrogen) atoms. The summed E-state index contributed by atoms with van der Waals surface area (Å²) in [5, 5.41) is 10.1. The van der Waals surface area contributed by atoms with Crippen molar-refractivity contribution in [3.8, 4) is 0 Å². The smallest absolute Gasteiger partial charge is 0.338 e. The van der Waals surface area contributed by atoms with Crippen LogP contribution in [-0.2, 0) is 45.9 Å². The number of nitrogens with zero attached hydrogens (tertiary/aromatic N) is 2. The van der Waals surface area contributed by atoms with E-state index in [2.05, 4.69) is 0 Å². The number of fused-ring (bicyclic) bond motifs is 2. The van der Waals surface area contributed by atoms with Crippen LogP contribution in [0.4, 0.5) is 11.4 Å². The normalized spacial score (nSPS) is 17.5. The highest BCUT2D eigenvalue weighted by molar-refractivity contribution is 7.86. The Morgan fingerprint density at radius 1 is 0.852 bits per heavy atom. The third-order valence-corrected chi connectivity index (χ3v) is 11.8. The quantitative estimate of drug-likeness (QED) is 0.0763. The molecule has 0 saturated heterocycles. The van der Waals surface area contributed by atoms with Gasteiger partial charge in [0.25, 0.3) is 30.4 Å². The molecule has 0 atom stereocenters. The van der Waals surface area contributed by atoms with Crippen molar-refractivity contribution < 1.29 is 62.9 Å². The average Bonchev–Trinajstić information content (AvgIpc) is 3.39. The van der Waals surface area contributed by atoms with Gasteiger partial charge in [0.2, 0.25) is 5.69 Å². The van der Waals surface area contributed by atoms with E-state index in [1.54, 1.807) is 61.3 Å². The molecule has 15 nitrogen and oxygen atoms in total. The van der Waals surface area contributed by atoms with Crippen LogP contribution in [0.1, 0.15) is 85.7 Å². The Kier molecular flexibility index (Phi) is 12.5. The molecule has 0 aromatic heterocycles. The second-order valence-corrected chi connectivity index (χ2v) is 18.6. The Hall–Kier alpha value is -4.20. The van der Waals surface area contributed by atoms with Crippen molar-refractivity contribution in [1.29, 1.82) is 0 Å². The van der Waals surface area contributed by atoms with Crippen molar-refractivity contribution in [1.82, 2.24) is 0 Å². The summed E-state index contributed by atoms with van der Waals surface area (Å²) in [6.07, 6.45) is 9.08. The third kappa shape index (κ3) is 9.35. The van der Waals surface area contributed by atoms with Gasteiger partial charge in [-0.25, -0.2) is 9.59 Å². The van der Waals surface area contributed by atoms with Crippen LogP contribution in [0.25, 0.3) is 0 Å². The topological polar surface area (TPSA) is 233 Å². The molecule has 2 aromatic carbocycles. The van der Waals surface area contributed by atoms with Gasteiger partial charge >= 0.3 is 11.9 Å². The fourth-order valence-corrected chi connectivity index (χ4v) is 8.60. The fraction of sp³-hybridized carbons (Fsp3) is 0.417. The molecule has 0 unspecified atom stereocenters. The summed E-state index contributed by atoms with van der Waals surface area (Å²) >= 11 is 0. The van der Waals surface area contributed by atoms with E-state index in [1.807, 2.05) is 31.4 Å². The molecule has 4 rings (SSSR count). The van der Waals surface area contributed by atoms with E-state index in [1.165, 1.54) is 0 Å². The minimum absolute atomic E-state index is 0.0639. The van der Waals surface area contributed by atoms with Crippen molar-refractivity contribution in [3.05, 3.63) is 88.7 Å². The molecule has 2 aliphatic heterocycles. The maximum Gasteiger partial charge on any atom is 0.338 e. The molecule has 0 amide bonds. The van der Waals surface area contributed by atoms with E-state index in [-0.39, 0.29) is 49.4 Å². The van der Waals surface area contributed by atoms with Crippen molar-refractivity contribution in [2.24, 2.45) is 0 Å². The molecular weight excluding hydrogens is 765 g/mol. The molecule has 0 spiro atoms. The number of ether oxygens (including phenoxy) is 1. The Bertz CT molecular complexity index is 2300. The fourth-order valence-electron chi connectivity index (χ4n) is 7.09. The van der Waals surface area contributed by atoms with Crippen molar-refractivity contribution >= 4 is 59.4 Å². The lowest BCUT2D eigenvalue weighted by molar-refractivity contribution is -0.437. The summed E-state index contributed by atoms with van der Waals surface area (Å²) < 4.78 is 106. The third-order valence-electron chi connectivity index (χ3n) is 9.31. The number of esters is 1. The summed E-state index contributed by atoms with van der Waals surface area (Å²) in [5.41, 5.74) is 1.07. The highest BCUT2D eigenvalue weighted by Gasteiger charge is 2.47. The number of hydrogen-bond acceptors (Lipinski definition) is 10. The van der Waals surface area contributed by atoms with Gasteiger partial charge in [0.1, 0.15) is 6.54 Å². The molecule has 18 heteroatoms. The zero-order valence-corrected chi connectivity index (χ0v) is 33.0. The van der Waals surface area contributed by atoms with E-state index < -0.39 is 69.5 Å². The molecule has 2 heterocycles. The minimum atomic E-state index is -4.84. The maximum absolute atomic E-state index is 13.1. The summed E-state index contributed by atoms with van der Waals surface area (Å²) in [6, 6.07) is 7.19. The van der Waals surface area contributed by atoms with E-state index in [0.29, 0.717) is 34.6 Å². The lowest BCUT2D eigenvalue weighted by Gasteiger charge is -2.27. The molecule has 0 saturated carbocycles. The summed E-state index contributed by atoms with van der Waals surface area (Å²) in [4.78, 5) is 26.4. The zero-order valence-electron chi connectivity index (χ0n) is 30.5. The van der Waals surface area contributed by atoms with Gasteiger partial charge in [-0.1, -0.05) is 45.1 Å². The van der Waals surface area contributed by atoms with E-state index >= 15 is 0 Å². The maximum atomic E-state index is 13.1. The van der Waals surface area contributed by atoms with Crippen LogP contribution in [0.2, 0.25) is 0 Å². The first-order valence-electron chi connectivity index (χ1n) is 17.0. The van der Waals surface area contributed by atoms with Gasteiger partial charge in [0.15, 0.2) is 5.71 Å². The number of benzene rings is 2. The molecule has 2 aliphatic rings. The van der Waals surface area contributed by atoms with Crippen LogP contribution in [0.15, 0.2) is 71.3 Å². The molecule has 2 aromatic rings. The number of carbonyl (C=O) groups excluding carboxylic acids is 1.